The zero-order chi connectivity index (χ0) is 14.0. The molecular weight excluding hydrogens is 284 g/mol. The molecule has 0 fully saturated rings. The topological polar surface area (TPSA) is 82.8 Å². The first kappa shape index (κ1) is 13.7. The van der Waals surface area contributed by atoms with E-state index in [4.69, 9.17) is 12.2 Å². The minimum Gasteiger partial charge on any atom is -0.337 e. The molecule has 0 unspecified atom stereocenters. The summed E-state index contributed by atoms with van der Waals surface area (Å²) in [5.74, 6) is 0. The Bertz CT molecular complexity index is 802. The fourth-order valence-corrected chi connectivity index (χ4v) is 3.04. The molecule has 5 nitrogen and oxygen atoms in total. The van der Waals surface area contributed by atoms with Crippen LogP contribution in [0.5, 0.6) is 0 Å². The van der Waals surface area contributed by atoms with Crippen molar-refractivity contribution in [2.24, 2.45) is 0 Å². The van der Waals surface area contributed by atoms with Crippen molar-refractivity contribution in [3.63, 3.8) is 0 Å². The van der Waals surface area contributed by atoms with Gasteiger partial charge in [-0.25, -0.2) is 8.42 Å². The Labute approximate surface area is 115 Å². The SMILES string of the molecule is CCc1ccc(S(=O)(=O)c2c[nH]c(=S)[nH]c2=O)cc1. The first-order valence-electron chi connectivity index (χ1n) is 5.61. The molecule has 100 valence electrons. The Balaban J connectivity index is 2.58. The van der Waals surface area contributed by atoms with Crippen molar-refractivity contribution in [3.05, 3.63) is 51.2 Å². The lowest BCUT2D eigenvalue weighted by atomic mass is 10.2. The predicted octanol–water partition coefficient (Wildman–Crippen LogP) is 1.83. The van der Waals surface area contributed by atoms with Crippen LogP contribution in [0.3, 0.4) is 0 Å². The largest absolute Gasteiger partial charge is 0.337 e. The molecule has 0 spiro atoms. The third-order valence-corrected chi connectivity index (χ3v) is 4.71. The van der Waals surface area contributed by atoms with Gasteiger partial charge in [0.05, 0.1) is 4.90 Å². The zero-order valence-corrected chi connectivity index (χ0v) is 11.8. The fourth-order valence-electron chi connectivity index (χ4n) is 1.63. The Kier molecular flexibility index (Phi) is 3.68. The zero-order valence-electron chi connectivity index (χ0n) is 10.1. The third kappa shape index (κ3) is 2.66. The van der Waals surface area contributed by atoms with Gasteiger partial charge in [-0.1, -0.05) is 19.1 Å². The van der Waals surface area contributed by atoms with E-state index in [0.29, 0.717) is 0 Å². The van der Waals surface area contributed by atoms with E-state index in [2.05, 4.69) is 9.97 Å². The van der Waals surface area contributed by atoms with Crippen LogP contribution in [0, 0.1) is 4.77 Å². The predicted molar refractivity (Wildman–Crippen MR) is 73.5 cm³/mol. The average Bonchev–Trinajstić information content (AvgIpc) is 2.38. The van der Waals surface area contributed by atoms with E-state index >= 15 is 0 Å². The second-order valence-corrected chi connectivity index (χ2v) is 6.26. The minimum absolute atomic E-state index is 0.0840. The summed E-state index contributed by atoms with van der Waals surface area (Å²) in [4.78, 5) is 16.2. The van der Waals surface area contributed by atoms with Crippen molar-refractivity contribution < 1.29 is 8.42 Å². The Morgan fingerprint density at radius 3 is 2.37 bits per heavy atom. The number of aromatic amines is 2. The van der Waals surface area contributed by atoms with Gasteiger partial charge in [0.15, 0.2) is 9.67 Å². The fraction of sp³-hybridized carbons (Fsp3) is 0.167. The molecule has 1 aromatic heterocycles. The van der Waals surface area contributed by atoms with E-state index in [9.17, 15) is 13.2 Å². The first-order valence-corrected chi connectivity index (χ1v) is 7.50. The Morgan fingerprint density at radius 1 is 1.21 bits per heavy atom. The molecule has 1 heterocycles. The number of nitrogens with one attached hydrogen (secondary N) is 2. The molecular formula is C12H12N2O3S2. The highest BCUT2D eigenvalue weighted by Gasteiger charge is 2.21. The van der Waals surface area contributed by atoms with E-state index in [1.807, 2.05) is 6.92 Å². The van der Waals surface area contributed by atoms with Gasteiger partial charge in [0, 0.05) is 6.20 Å². The summed E-state index contributed by atoms with van der Waals surface area (Å²) in [6.07, 6.45) is 1.93. The van der Waals surface area contributed by atoms with Crippen LogP contribution in [0.1, 0.15) is 12.5 Å². The second kappa shape index (κ2) is 5.10. The van der Waals surface area contributed by atoms with Crippen molar-refractivity contribution >= 4 is 22.1 Å². The molecule has 0 atom stereocenters. The molecule has 19 heavy (non-hydrogen) atoms. The van der Waals surface area contributed by atoms with Crippen molar-refractivity contribution in [3.8, 4) is 0 Å². The number of hydrogen-bond acceptors (Lipinski definition) is 4. The van der Waals surface area contributed by atoms with Gasteiger partial charge >= 0.3 is 0 Å². The smallest absolute Gasteiger partial charge is 0.270 e. The van der Waals surface area contributed by atoms with E-state index in [1.165, 1.54) is 12.1 Å². The summed E-state index contributed by atoms with van der Waals surface area (Å²) in [6.45, 7) is 1.98. The van der Waals surface area contributed by atoms with Gasteiger partial charge in [-0.2, -0.15) is 0 Å². The summed E-state index contributed by atoms with van der Waals surface area (Å²) in [6, 6.07) is 6.45. The molecule has 1 aromatic carbocycles. The average molecular weight is 296 g/mol. The lowest BCUT2D eigenvalue weighted by Crippen LogP contribution is -2.18. The molecule has 0 saturated heterocycles. The molecule has 0 amide bonds. The standard InChI is InChI=1S/C12H12N2O3S2/c1-2-8-3-5-9(6-4-8)19(16,17)10-7-13-12(18)14-11(10)15/h3-7H,2H2,1H3,(H2,13,14,15,18). The van der Waals surface area contributed by atoms with Gasteiger partial charge in [0.25, 0.3) is 5.56 Å². The highest BCUT2D eigenvalue weighted by molar-refractivity contribution is 7.91. The van der Waals surface area contributed by atoms with Crippen molar-refractivity contribution in [1.29, 1.82) is 0 Å². The van der Waals surface area contributed by atoms with Crippen LogP contribution in [-0.2, 0) is 16.3 Å². The highest BCUT2D eigenvalue weighted by Crippen LogP contribution is 2.17. The molecule has 2 aromatic rings. The summed E-state index contributed by atoms with van der Waals surface area (Å²) in [7, 11) is -3.83. The lowest BCUT2D eigenvalue weighted by Gasteiger charge is -2.04. The van der Waals surface area contributed by atoms with Gasteiger partial charge in [0.2, 0.25) is 9.84 Å². The number of aromatic nitrogens is 2. The monoisotopic (exact) mass is 296 g/mol. The van der Waals surface area contributed by atoms with Crippen LogP contribution in [0.25, 0.3) is 0 Å². The third-order valence-electron chi connectivity index (χ3n) is 2.72. The number of rotatable bonds is 3. The molecule has 2 N–H and O–H groups in total. The lowest BCUT2D eigenvalue weighted by molar-refractivity contribution is 0.594. The number of benzene rings is 1. The molecule has 0 bridgehead atoms. The number of sulfone groups is 1. The maximum Gasteiger partial charge on any atom is 0.270 e. The van der Waals surface area contributed by atoms with E-state index in [0.717, 1.165) is 18.2 Å². The van der Waals surface area contributed by atoms with Crippen molar-refractivity contribution in [2.45, 2.75) is 23.1 Å². The van der Waals surface area contributed by atoms with Gasteiger partial charge in [-0.3, -0.25) is 9.78 Å². The van der Waals surface area contributed by atoms with Crippen LogP contribution in [0.4, 0.5) is 0 Å². The summed E-state index contributed by atoms with van der Waals surface area (Å²) >= 11 is 4.73. The molecule has 0 aliphatic carbocycles. The van der Waals surface area contributed by atoms with Crippen molar-refractivity contribution in [2.75, 3.05) is 0 Å². The van der Waals surface area contributed by atoms with E-state index in [1.54, 1.807) is 12.1 Å². The summed E-state index contributed by atoms with van der Waals surface area (Å²) in [5.41, 5.74) is 0.309. The molecule has 2 rings (SSSR count). The van der Waals surface area contributed by atoms with Gasteiger partial charge < -0.3 is 4.98 Å². The highest BCUT2D eigenvalue weighted by atomic mass is 32.2. The molecule has 0 aliphatic rings. The number of aryl methyl sites for hydroxylation is 1. The van der Waals surface area contributed by atoms with Crippen molar-refractivity contribution in [1.82, 2.24) is 9.97 Å². The van der Waals surface area contributed by atoms with Gasteiger partial charge in [0.1, 0.15) is 0 Å². The van der Waals surface area contributed by atoms with E-state index < -0.39 is 15.4 Å². The molecule has 0 aliphatic heterocycles. The van der Waals surface area contributed by atoms with Crippen LogP contribution in [0.15, 0.2) is 45.0 Å². The van der Waals surface area contributed by atoms with Crippen LogP contribution < -0.4 is 5.56 Å². The first-order chi connectivity index (χ1) is 8.95. The van der Waals surface area contributed by atoms with Crippen LogP contribution in [0.2, 0.25) is 0 Å². The van der Waals surface area contributed by atoms with Gasteiger partial charge in [-0.15, -0.1) is 0 Å². The summed E-state index contributed by atoms with van der Waals surface area (Å²) < 4.78 is 24.7. The Hall–Kier alpha value is -1.73. The number of hydrogen-bond donors (Lipinski definition) is 2. The number of H-pyrrole nitrogens is 2. The maximum absolute atomic E-state index is 12.3. The quantitative estimate of drug-likeness (QED) is 0.846. The normalized spacial score (nSPS) is 11.4. The second-order valence-electron chi connectivity index (χ2n) is 3.94. The van der Waals surface area contributed by atoms with E-state index in [-0.39, 0.29) is 14.6 Å². The summed E-state index contributed by atoms with van der Waals surface area (Å²) in [5, 5.41) is 0. The maximum atomic E-state index is 12.3. The van der Waals surface area contributed by atoms with Crippen LogP contribution in [-0.4, -0.2) is 18.4 Å². The van der Waals surface area contributed by atoms with Crippen LogP contribution >= 0.6 is 12.2 Å². The Morgan fingerprint density at radius 2 is 1.84 bits per heavy atom. The molecule has 0 radical (unpaired) electrons. The molecule has 7 heteroatoms. The molecule has 0 saturated carbocycles. The van der Waals surface area contributed by atoms with Gasteiger partial charge in [-0.05, 0) is 36.3 Å². The minimum atomic E-state index is -3.83.